The van der Waals surface area contributed by atoms with Crippen molar-refractivity contribution in [1.29, 1.82) is 5.26 Å². The molecule has 0 N–H and O–H groups in total. The lowest BCUT2D eigenvalue weighted by Crippen LogP contribution is -2.43. The number of rotatable bonds is 2. The van der Waals surface area contributed by atoms with Crippen molar-refractivity contribution in [3.8, 4) is 6.07 Å². The Labute approximate surface area is 82.0 Å². The molecule has 3 heteroatoms. The summed E-state index contributed by atoms with van der Waals surface area (Å²) in [4.78, 5) is 0. The minimum atomic E-state index is -1.56. The molecule has 1 aliphatic rings. The Bertz CT molecular complexity index is 208. The summed E-state index contributed by atoms with van der Waals surface area (Å²) >= 11 is 0. The van der Waals surface area contributed by atoms with Crippen LogP contribution in [0.15, 0.2) is 0 Å². The van der Waals surface area contributed by atoms with Gasteiger partial charge in [-0.15, -0.1) is 0 Å². The largest absolute Gasteiger partial charge is 0.400 e. The van der Waals surface area contributed by atoms with Crippen LogP contribution in [0.5, 0.6) is 0 Å². The lowest BCUT2D eigenvalue weighted by Gasteiger charge is -2.36. The first-order valence-electron chi connectivity index (χ1n) is 5.09. The zero-order chi connectivity index (χ0) is 9.95. The van der Waals surface area contributed by atoms with Crippen LogP contribution in [0.3, 0.4) is 0 Å². The van der Waals surface area contributed by atoms with Gasteiger partial charge in [0.1, 0.15) is 5.60 Å². The lowest BCUT2D eigenvalue weighted by molar-refractivity contribution is 0.0774. The van der Waals surface area contributed by atoms with E-state index in [0.717, 1.165) is 25.7 Å². The molecule has 0 amide bonds. The van der Waals surface area contributed by atoms with Gasteiger partial charge in [0.15, 0.2) is 8.32 Å². The molecule has 0 atom stereocenters. The summed E-state index contributed by atoms with van der Waals surface area (Å²) < 4.78 is 5.99. The molecular weight excluding hydrogens is 178 g/mol. The number of hydrogen-bond acceptors (Lipinski definition) is 2. The first kappa shape index (κ1) is 10.7. The maximum Gasteiger partial charge on any atom is 0.185 e. The van der Waals surface area contributed by atoms with Crippen molar-refractivity contribution < 1.29 is 4.43 Å². The summed E-state index contributed by atoms with van der Waals surface area (Å²) in [6.07, 6.45) is 5.44. The summed E-state index contributed by atoms with van der Waals surface area (Å²) in [5.41, 5.74) is -0.428. The van der Waals surface area contributed by atoms with Crippen molar-refractivity contribution in [2.75, 3.05) is 0 Å². The Balaban J connectivity index is 2.65. The lowest BCUT2D eigenvalue weighted by atomic mass is 9.86. The quantitative estimate of drug-likeness (QED) is 0.637. The topological polar surface area (TPSA) is 33.0 Å². The molecule has 0 bridgehead atoms. The van der Waals surface area contributed by atoms with Crippen LogP contribution < -0.4 is 0 Å². The Kier molecular flexibility index (Phi) is 3.15. The molecule has 0 saturated heterocycles. The molecule has 0 unspecified atom stereocenters. The molecular formula is C10H19NOSi. The van der Waals surface area contributed by atoms with E-state index in [4.69, 9.17) is 9.69 Å². The van der Waals surface area contributed by atoms with Gasteiger partial charge in [0, 0.05) is 0 Å². The Morgan fingerprint density at radius 3 is 2.08 bits per heavy atom. The second-order valence-electron chi connectivity index (χ2n) is 4.88. The van der Waals surface area contributed by atoms with Crippen LogP contribution in [0.25, 0.3) is 0 Å². The van der Waals surface area contributed by atoms with Gasteiger partial charge in [0.25, 0.3) is 0 Å². The molecule has 0 radical (unpaired) electrons. The Morgan fingerprint density at radius 2 is 1.69 bits per heavy atom. The molecule has 1 aliphatic carbocycles. The van der Waals surface area contributed by atoms with Gasteiger partial charge < -0.3 is 4.43 Å². The van der Waals surface area contributed by atoms with Crippen LogP contribution in [-0.2, 0) is 4.43 Å². The minimum absolute atomic E-state index is 0.428. The fourth-order valence-corrected chi connectivity index (χ4v) is 3.37. The minimum Gasteiger partial charge on any atom is -0.400 e. The molecule has 0 heterocycles. The van der Waals surface area contributed by atoms with Crippen LogP contribution in [0.4, 0.5) is 0 Å². The normalized spacial score (nSPS) is 22.3. The molecule has 0 aromatic carbocycles. The van der Waals surface area contributed by atoms with Gasteiger partial charge in [-0.25, -0.2) is 0 Å². The van der Waals surface area contributed by atoms with Gasteiger partial charge in [0.2, 0.25) is 0 Å². The summed E-state index contributed by atoms with van der Waals surface area (Å²) in [7, 11) is -1.56. The van der Waals surface area contributed by atoms with Gasteiger partial charge in [-0.3, -0.25) is 0 Å². The Hall–Kier alpha value is -0.333. The third-order valence-corrected chi connectivity index (χ3v) is 3.37. The van der Waals surface area contributed by atoms with E-state index in [-0.39, 0.29) is 0 Å². The predicted molar refractivity (Wildman–Crippen MR) is 55.9 cm³/mol. The SMILES string of the molecule is C[Si](C)(C)OC1(C#N)CCCCC1. The summed E-state index contributed by atoms with van der Waals surface area (Å²) in [5, 5.41) is 9.15. The van der Waals surface area contributed by atoms with Crippen LogP contribution in [0.2, 0.25) is 19.6 Å². The third kappa shape index (κ3) is 3.13. The van der Waals surface area contributed by atoms with E-state index in [9.17, 15) is 0 Å². The molecule has 2 nitrogen and oxygen atoms in total. The number of nitrogens with zero attached hydrogens (tertiary/aromatic N) is 1. The molecule has 1 rings (SSSR count). The van der Waals surface area contributed by atoms with Crippen molar-refractivity contribution in [3.05, 3.63) is 0 Å². The first-order valence-corrected chi connectivity index (χ1v) is 8.50. The van der Waals surface area contributed by atoms with Crippen molar-refractivity contribution >= 4 is 8.32 Å². The van der Waals surface area contributed by atoms with Crippen molar-refractivity contribution in [3.63, 3.8) is 0 Å². The average Bonchev–Trinajstić information content (AvgIpc) is 2.03. The highest BCUT2D eigenvalue weighted by Gasteiger charge is 2.37. The monoisotopic (exact) mass is 197 g/mol. The first-order chi connectivity index (χ1) is 5.97. The van der Waals surface area contributed by atoms with Gasteiger partial charge in [-0.1, -0.05) is 6.42 Å². The number of nitriles is 1. The maximum atomic E-state index is 9.15. The number of hydrogen-bond donors (Lipinski definition) is 0. The second-order valence-corrected chi connectivity index (χ2v) is 9.31. The molecule has 13 heavy (non-hydrogen) atoms. The molecule has 0 aliphatic heterocycles. The van der Waals surface area contributed by atoms with E-state index in [1.807, 2.05) is 0 Å². The molecule has 1 saturated carbocycles. The smallest absolute Gasteiger partial charge is 0.185 e. The summed E-state index contributed by atoms with van der Waals surface area (Å²) in [6, 6.07) is 2.39. The van der Waals surface area contributed by atoms with Crippen LogP contribution in [-0.4, -0.2) is 13.9 Å². The van der Waals surface area contributed by atoms with Gasteiger partial charge in [0.05, 0.1) is 6.07 Å². The van der Waals surface area contributed by atoms with Gasteiger partial charge >= 0.3 is 0 Å². The standard InChI is InChI=1S/C10H19NOSi/c1-13(2,3)12-10(9-11)7-5-4-6-8-10/h4-8H2,1-3H3. The highest BCUT2D eigenvalue weighted by atomic mass is 28.4. The maximum absolute atomic E-state index is 9.15. The van der Waals surface area contributed by atoms with Crippen LogP contribution in [0.1, 0.15) is 32.1 Å². The predicted octanol–water partition coefficient (Wildman–Crippen LogP) is 3.06. The molecule has 0 aromatic heterocycles. The van der Waals surface area contributed by atoms with E-state index in [0.29, 0.717) is 0 Å². The molecule has 0 spiro atoms. The van der Waals surface area contributed by atoms with Crippen molar-refractivity contribution in [1.82, 2.24) is 0 Å². The van der Waals surface area contributed by atoms with E-state index < -0.39 is 13.9 Å². The Morgan fingerprint density at radius 1 is 1.15 bits per heavy atom. The fraction of sp³-hybridized carbons (Fsp3) is 0.900. The van der Waals surface area contributed by atoms with Crippen molar-refractivity contribution in [2.24, 2.45) is 0 Å². The zero-order valence-electron chi connectivity index (χ0n) is 8.89. The van der Waals surface area contributed by atoms with Gasteiger partial charge in [-0.2, -0.15) is 5.26 Å². The van der Waals surface area contributed by atoms with Crippen molar-refractivity contribution in [2.45, 2.75) is 57.3 Å². The van der Waals surface area contributed by atoms with Crippen LogP contribution >= 0.6 is 0 Å². The van der Waals surface area contributed by atoms with E-state index >= 15 is 0 Å². The van der Waals surface area contributed by atoms with Crippen LogP contribution in [0, 0.1) is 11.3 Å². The van der Waals surface area contributed by atoms with E-state index in [1.165, 1.54) is 6.42 Å². The summed E-state index contributed by atoms with van der Waals surface area (Å²) in [5.74, 6) is 0. The highest BCUT2D eigenvalue weighted by Crippen LogP contribution is 2.33. The van der Waals surface area contributed by atoms with E-state index in [2.05, 4.69) is 25.7 Å². The van der Waals surface area contributed by atoms with E-state index in [1.54, 1.807) is 0 Å². The highest BCUT2D eigenvalue weighted by molar-refractivity contribution is 6.69. The summed E-state index contributed by atoms with van der Waals surface area (Å²) in [6.45, 7) is 6.46. The second kappa shape index (κ2) is 3.81. The molecule has 1 fully saturated rings. The molecule has 0 aromatic rings. The third-order valence-electron chi connectivity index (χ3n) is 2.37. The fourth-order valence-electron chi connectivity index (χ4n) is 1.95. The van der Waals surface area contributed by atoms with Gasteiger partial charge in [-0.05, 0) is 45.3 Å². The average molecular weight is 197 g/mol. The molecule has 74 valence electrons. The zero-order valence-corrected chi connectivity index (χ0v) is 9.89.